The number of rotatable bonds is 11. The quantitative estimate of drug-likeness (QED) is 0.277. The largest absolute Gasteiger partial charge is 0.355 e. The molecule has 36 heavy (non-hydrogen) atoms. The van der Waals surface area contributed by atoms with Gasteiger partial charge in [-0.25, -0.2) is 4.39 Å². The highest BCUT2D eigenvalue weighted by Crippen LogP contribution is 2.27. The van der Waals surface area contributed by atoms with E-state index in [1.807, 2.05) is 37.3 Å². The summed E-state index contributed by atoms with van der Waals surface area (Å²) in [5, 5.41) is 4.03. The molecule has 0 bridgehead atoms. The van der Waals surface area contributed by atoms with E-state index in [2.05, 4.69) is 5.32 Å². The van der Waals surface area contributed by atoms with Gasteiger partial charge in [-0.1, -0.05) is 77.3 Å². The molecule has 0 aliphatic carbocycles. The van der Waals surface area contributed by atoms with Gasteiger partial charge in [0.25, 0.3) is 0 Å². The van der Waals surface area contributed by atoms with E-state index in [0.29, 0.717) is 39.2 Å². The summed E-state index contributed by atoms with van der Waals surface area (Å²) < 4.78 is 14.2. The van der Waals surface area contributed by atoms with Crippen molar-refractivity contribution >= 4 is 58.4 Å². The molecule has 3 rings (SSSR count). The molecule has 190 valence electrons. The first-order chi connectivity index (χ1) is 17.3. The number of halogens is 4. The molecule has 0 saturated carbocycles. The number of carbonyl (C=O) groups excluding carboxylic acids is 2. The standard InChI is InChI=1S/C27H26Cl3FN2O2S/c1-2-32-27(35)25(13-18-7-4-3-5-8-18)33(15-19-11-12-20(28)14-23(19)30)26(34)17-36-16-21-22(29)9-6-10-24(21)31/h3-12,14,25H,2,13,15-17H2,1H3,(H,32,35)/t25-/m1/s1. The van der Waals surface area contributed by atoms with Gasteiger partial charge in [-0.3, -0.25) is 9.59 Å². The Balaban J connectivity index is 1.88. The molecule has 1 atom stereocenters. The number of benzene rings is 3. The van der Waals surface area contributed by atoms with Crippen LogP contribution in [0.1, 0.15) is 23.6 Å². The van der Waals surface area contributed by atoms with Gasteiger partial charge in [-0.05, 0) is 42.3 Å². The van der Waals surface area contributed by atoms with Crippen LogP contribution in [0.15, 0.2) is 66.7 Å². The maximum absolute atomic E-state index is 14.2. The van der Waals surface area contributed by atoms with Crippen molar-refractivity contribution in [2.45, 2.75) is 31.7 Å². The van der Waals surface area contributed by atoms with Crippen molar-refractivity contribution in [2.24, 2.45) is 0 Å². The van der Waals surface area contributed by atoms with Crippen LogP contribution in [0.25, 0.3) is 0 Å². The van der Waals surface area contributed by atoms with Crippen LogP contribution in [0.5, 0.6) is 0 Å². The third kappa shape index (κ3) is 7.87. The normalized spacial score (nSPS) is 11.7. The number of nitrogens with one attached hydrogen (secondary N) is 1. The van der Waals surface area contributed by atoms with Crippen molar-refractivity contribution in [2.75, 3.05) is 12.3 Å². The van der Waals surface area contributed by atoms with Gasteiger partial charge < -0.3 is 10.2 Å². The van der Waals surface area contributed by atoms with Crippen LogP contribution in [0.4, 0.5) is 4.39 Å². The van der Waals surface area contributed by atoms with Crippen molar-refractivity contribution in [1.29, 1.82) is 0 Å². The second-order valence-corrected chi connectivity index (χ2v) is 10.3. The van der Waals surface area contributed by atoms with E-state index in [1.54, 1.807) is 24.3 Å². The first kappa shape index (κ1) is 28.3. The topological polar surface area (TPSA) is 49.4 Å². The Kier molecular flexibility index (Phi) is 10.9. The van der Waals surface area contributed by atoms with Gasteiger partial charge in [0.05, 0.1) is 5.75 Å². The molecule has 3 aromatic carbocycles. The third-order valence-electron chi connectivity index (χ3n) is 5.51. The molecule has 0 aliphatic heterocycles. The molecule has 0 unspecified atom stereocenters. The lowest BCUT2D eigenvalue weighted by atomic mass is 10.0. The molecule has 0 saturated heterocycles. The zero-order valence-electron chi connectivity index (χ0n) is 19.6. The second-order valence-electron chi connectivity index (χ2n) is 8.05. The van der Waals surface area contributed by atoms with E-state index in [9.17, 15) is 14.0 Å². The summed E-state index contributed by atoms with van der Waals surface area (Å²) in [6, 6.07) is 18.3. The highest BCUT2D eigenvalue weighted by atomic mass is 35.5. The van der Waals surface area contributed by atoms with Crippen molar-refractivity contribution in [3.63, 3.8) is 0 Å². The summed E-state index contributed by atoms with van der Waals surface area (Å²) in [4.78, 5) is 28.3. The Hall–Kier alpha value is -2.25. The monoisotopic (exact) mass is 566 g/mol. The van der Waals surface area contributed by atoms with E-state index in [1.165, 1.54) is 28.8 Å². The van der Waals surface area contributed by atoms with Crippen molar-refractivity contribution in [3.05, 3.63) is 104 Å². The van der Waals surface area contributed by atoms with Gasteiger partial charge >= 0.3 is 0 Å². The Morgan fingerprint density at radius 1 is 1.00 bits per heavy atom. The molecule has 0 radical (unpaired) electrons. The Morgan fingerprint density at radius 3 is 2.42 bits per heavy atom. The Morgan fingerprint density at radius 2 is 1.75 bits per heavy atom. The minimum atomic E-state index is -0.774. The summed E-state index contributed by atoms with van der Waals surface area (Å²) in [5.41, 5.74) is 1.92. The Labute approximate surface area is 230 Å². The minimum Gasteiger partial charge on any atom is -0.355 e. The first-order valence-corrected chi connectivity index (χ1v) is 13.6. The number of carbonyl (C=O) groups is 2. The summed E-state index contributed by atoms with van der Waals surface area (Å²) in [7, 11) is 0. The highest BCUT2D eigenvalue weighted by molar-refractivity contribution is 7.99. The maximum atomic E-state index is 14.2. The fourth-order valence-corrected chi connectivity index (χ4v) is 5.39. The lowest BCUT2D eigenvalue weighted by Gasteiger charge is -2.31. The van der Waals surface area contributed by atoms with E-state index >= 15 is 0 Å². The molecule has 1 N–H and O–H groups in total. The molecule has 3 aromatic rings. The molecule has 2 amide bonds. The first-order valence-electron chi connectivity index (χ1n) is 11.4. The number of likely N-dealkylation sites (N-methyl/N-ethyl adjacent to an activating group) is 1. The van der Waals surface area contributed by atoms with Crippen LogP contribution < -0.4 is 5.32 Å². The van der Waals surface area contributed by atoms with E-state index in [4.69, 9.17) is 34.8 Å². The summed E-state index contributed by atoms with van der Waals surface area (Å²) >= 11 is 19.8. The molecule has 4 nitrogen and oxygen atoms in total. The van der Waals surface area contributed by atoms with Crippen molar-refractivity contribution in [1.82, 2.24) is 10.2 Å². The number of hydrogen-bond donors (Lipinski definition) is 1. The highest BCUT2D eigenvalue weighted by Gasteiger charge is 2.30. The van der Waals surface area contributed by atoms with Crippen LogP contribution >= 0.6 is 46.6 Å². The molecular formula is C27H26Cl3FN2O2S. The number of amides is 2. The molecule has 9 heteroatoms. The third-order valence-corrected chi connectivity index (χ3v) is 7.40. The molecule has 0 fully saturated rings. The van der Waals surface area contributed by atoms with Crippen LogP contribution in [0.3, 0.4) is 0 Å². The summed E-state index contributed by atoms with van der Waals surface area (Å²) in [6.07, 6.45) is 0.327. The number of nitrogens with zero attached hydrogens (tertiary/aromatic N) is 1. The maximum Gasteiger partial charge on any atom is 0.243 e. The van der Waals surface area contributed by atoms with E-state index in [0.717, 1.165) is 5.56 Å². The summed E-state index contributed by atoms with van der Waals surface area (Å²) in [5.74, 6) is -0.707. The van der Waals surface area contributed by atoms with Crippen LogP contribution in [-0.2, 0) is 28.3 Å². The van der Waals surface area contributed by atoms with Gasteiger partial charge in [-0.15, -0.1) is 11.8 Å². The van der Waals surface area contributed by atoms with E-state index < -0.39 is 11.9 Å². The van der Waals surface area contributed by atoms with Crippen LogP contribution in [0, 0.1) is 5.82 Å². The molecule has 0 spiro atoms. The van der Waals surface area contributed by atoms with Crippen molar-refractivity contribution in [3.8, 4) is 0 Å². The molecule has 0 aromatic heterocycles. The fourth-order valence-electron chi connectivity index (χ4n) is 3.67. The average Bonchev–Trinajstić information content (AvgIpc) is 2.85. The summed E-state index contributed by atoms with van der Waals surface area (Å²) in [6.45, 7) is 2.37. The van der Waals surface area contributed by atoms with Gasteiger partial charge in [0.15, 0.2) is 0 Å². The van der Waals surface area contributed by atoms with E-state index in [-0.39, 0.29) is 29.9 Å². The lowest BCUT2D eigenvalue weighted by molar-refractivity contribution is -0.139. The fraction of sp³-hybridized carbons (Fsp3) is 0.259. The van der Waals surface area contributed by atoms with Crippen LogP contribution in [-0.4, -0.2) is 35.1 Å². The average molecular weight is 568 g/mol. The second kappa shape index (κ2) is 13.9. The molecule has 0 aliphatic rings. The zero-order valence-corrected chi connectivity index (χ0v) is 22.7. The predicted molar refractivity (Wildman–Crippen MR) is 147 cm³/mol. The smallest absolute Gasteiger partial charge is 0.243 e. The van der Waals surface area contributed by atoms with Gasteiger partial charge in [0, 0.05) is 45.9 Å². The molecular weight excluding hydrogens is 542 g/mol. The predicted octanol–water partition coefficient (Wildman–Crippen LogP) is 6.80. The molecule has 0 heterocycles. The Bertz CT molecular complexity index is 1180. The van der Waals surface area contributed by atoms with Gasteiger partial charge in [0.2, 0.25) is 11.8 Å². The van der Waals surface area contributed by atoms with Gasteiger partial charge in [-0.2, -0.15) is 0 Å². The number of thioether (sulfide) groups is 1. The lowest BCUT2D eigenvalue weighted by Crippen LogP contribution is -2.51. The zero-order chi connectivity index (χ0) is 26.1. The minimum absolute atomic E-state index is 0.0283. The van der Waals surface area contributed by atoms with Gasteiger partial charge in [0.1, 0.15) is 11.9 Å². The number of hydrogen-bond acceptors (Lipinski definition) is 3. The van der Waals surface area contributed by atoms with Crippen molar-refractivity contribution < 1.29 is 14.0 Å². The SMILES string of the molecule is CCNC(=O)[C@@H](Cc1ccccc1)N(Cc1ccc(Cl)cc1Cl)C(=O)CSCc1c(F)cccc1Cl. The van der Waals surface area contributed by atoms with Crippen LogP contribution in [0.2, 0.25) is 15.1 Å².